The van der Waals surface area contributed by atoms with E-state index in [1.807, 2.05) is 0 Å². The molecule has 0 unspecified atom stereocenters. The zero-order valence-corrected chi connectivity index (χ0v) is 12.8. The minimum absolute atomic E-state index is 1.05. The van der Waals surface area contributed by atoms with E-state index in [9.17, 15) is 0 Å². The second-order valence-corrected chi connectivity index (χ2v) is 6.20. The molecule has 0 saturated heterocycles. The Bertz CT molecular complexity index is 1040. The second-order valence-electron chi connectivity index (χ2n) is 6.20. The lowest BCUT2D eigenvalue weighted by Gasteiger charge is -2.12. The van der Waals surface area contributed by atoms with Crippen LogP contribution in [-0.4, -0.2) is 0 Å². The van der Waals surface area contributed by atoms with Crippen LogP contribution in [0.2, 0.25) is 0 Å². The summed E-state index contributed by atoms with van der Waals surface area (Å²) in [6.07, 6.45) is 1.05. The molecule has 0 N–H and O–H groups in total. The average molecular weight is 292 g/mol. The molecule has 0 radical (unpaired) electrons. The van der Waals surface area contributed by atoms with Crippen molar-refractivity contribution in [3.05, 3.63) is 96.1 Å². The van der Waals surface area contributed by atoms with Crippen molar-refractivity contribution in [2.24, 2.45) is 0 Å². The molecule has 0 spiro atoms. The fourth-order valence-corrected chi connectivity index (χ4v) is 3.87. The fourth-order valence-electron chi connectivity index (χ4n) is 3.87. The van der Waals surface area contributed by atoms with Crippen LogP contribution < -0.4 is 0 Å². The fraction of sp³-hybridized carbons (Fsp3) is 0.0435. The van der Waals surface area contributed by atoms with Crippen molar-refractivity contribution >= 4 is 10.8 Å². The van der Waals surface area contributed by atoms with Crippen LogP contribution in [0.4, 0.5) is 0 Å². The Morgan fingerprint density at radius 2 is 1.13 bits per heavy atom. The van der Waals surface area contributed by atoms with E-state index in [4.69, 9.17) is 0 Å². The first-order valence-electron chi connectivity index (χ1n) is 8.10. The Labute approximate surface area is 136 Å². The van der Waals surface area contributed by atoms with Crippen LogP contribution in [0, 0.1) is 0 Å². The molecule has 0 heteroatoms. The van der Waals surface area contributed by atoms with Gasteiger partial charge < -0.3 is 0 Å². The summed E-state index contributed by atoms with van der Waals surface area (Å²) in [5.41, 5.74) is 8.37. The van der Waals surface area contributed by atoms with Crippen LogP contribution in [0.25, 0.3) is 33.0 Å². The van der Waals surface area contributed by atoms with Gasteiger partial charge >= 0.3 is 0 Å². The van der Waals surface area contributed by atoms with Crippen LogP contribution in [0.3, 0.4) is 0 Å². The predicted octanol–water partition coefficient (Wildman–Crippen LogP) is 6.08. The third kappa shape index (κ3) is 1.85. The van der Waals surface area contributed by atoms with Gasteiger partial charge in [-0.25, -0.2) is 0 Å². The highest BCUT2D eigenvalue weighted by atomic mass is 14.2. The number of hydrogen-bond acceptors (Lipinski definition) is 0. The normalized spacial score (nSPS) is 12.2. The molecule has 0 nitrogen and oxygen atoms in total. The Hall–Kier alpha value is -2.86. The quantitative estimate of drug-likeness (QED) is 0.351. The molecule has 4 aromatic carbocycles. The molecule has 1 aliphatic rings. The molecule has 0 saturated carbocycles. The van der Waals surface area contributed by atoms with Crippen LogP contribution in [0.15, 0.2) is 84.9 Å². The summed E-state index contributed by atoms with van der Waals surface area (Å²) in [4.78, 5) is 0. The largest absolute Gasteiger partial charge is 0.0619 e. The highest BCUT2D eigenvalue weighted by Crippen LogP contribution is 2.44. The molecule has 1 aliphatic carbocycles. The van der Waals surface area contributed by atoms with Crippen molar-refractivity contribution in [1.29, 1.82) is 0 Å². The van der Waals surface area contributed by atoms with E-state index in [0.29, 0.717) is 0 Å². The van der Waals surface area contributed by atoms with E-state index in [1.165, 1.54) is 44.2 Å². The van der Waals surface area contributed by atoms with Gasteiger partial charge in [-0.2, -0.15) is 0 Å². The smallest absolute Gasteiger partial charge is 0.00132 e. The molecule has 0 aromatic heterocycles. The van der Waals surface area contributed by atoms with E-state index in [-0.39, 0.29) is 0 Å². The van der Waals surface area contributed by atoms with Crippen LogP contribution >= 0.6 is 0 Å². The van der Waals surface area contributed by atoms with Crippen molar-refractivity contribution < 1.29 is 0 Å². The Kier molecular flexibility index (Phi) is 2.65. The van der Waals surface area contributed by atoms with Crippen LogP contribution in [0.1, 0.15) is 11.1 Å². The van der Waals surface area contributed by atoms with Gasteiger partial charge in [0.25, 0.3) is 0 Å². The monoisotopic (exact) mass is 292 g/mol. The SMILES string of the molecule is c1ccc2c(c1)Cc1cccc(-c3cccc4ccccc34)c1-2. The van der Waals surface area contributed by atoms with Crippen LogP contribution in [-0.2, 0) is 6.42 Å². The van der Waals surface area contributed by atoms with E-state index in [0.717, 1.165) is 6.42 Å². The van der Waals surface area contributed by atoms with E-state index in [2.05, 4.69) is 84.9 Å². The van der Waals surface area contributed by atoms with Gasteiger partial charge in [0.05, 0.1) is 0 Å². The predicted molar refractivity (Wildman–Crippen MR) is 97.6 cm³/mol. The van der Waals surface area contributed by atoms with E-state index >= 15 is 0 Å². The second kappa shape index (κ2) is 4.82. The van der Waals surface area contributed by atoms with Crippen molar-refractivity contribution in [2.75, 3.05) is 0 Å². The maximum atomic E-state index is 2.27. The molecule has 5 rings (SSSR count). The molecule has 0 bridgehead atoms. The number of fused-ring (bicyclic) bond motifs is 4. The summed E-state index contributed by atoms with van der Waals surface area (Å²) < 4.78 is 0. The van der Waals surface area contributed by atoms with Gasteiger partial charge in [-0.3, -0.25) is 0 Å². The lowest BCUT2D eigenvalue weighted by Crippen LogP contribution is -1.87. The first-order valence-corrected chi connectivity index (χ1v) is 8.10. The summed E-state index contributed by atoms with van der Waals surface area (Å²) in [5, 5.41) is 2.63. The molecule has 0 amide bonds. The standard InChI is InChI=1S/C23H16/c1-3-11-19-16(7-1)9-5-13-21(19)22-14-6-10-18-15-17-8-2-4-12-20(17)23(18)22/h1-14H,15H2. The van der Waals surface area contributed by atoms with Crippen molar-refractivity contribution in [3.8, 4) is 22.3 Å². The molecule has 108 valence electrons. The minimum Gasteiger partial charge on any atom is -0.0619 e. The molecule has 0 atom stereocenters. The molecule has 23 heavy (non-hydrogen) atoms. The zero-order valence-electron chi connectivity index (χ0n) is 12.8. The number of benzene rings is 4. The van der Waals surface area contributed by atoms with Crippen molar-refractivity contribution in [3.63, 3.8) is 0 Å². The molecule has 0 aliphatic heterocycles. The van der Waals surface area contributed by atoms with Crippen LogP contribution in [0.5, 0.6) is 0 Å². The Morgan fingerprint density at radius 1 is 0.478 bits per heavy atom. The van der Waals surface area contributed by atoms with Crippen molar-refractivity contribution in [1.82, 2.24) is 0 Å². The third-order valence-corrected chi connectivity index (χ3v) is 4.90. The van der Waals surface area contributed by atoms with Gasteiger partial charge in [0, 0.05) is 0 Å². The summed E-state index contributed by atoms with van der Waals surface area (Å²) in [6.45, 7) is 0. The molecular weight excluding hydrogens is 276 g/mol. The lowest BCUT2D eigenvalue weighted by molar-refractivity contribution is 1.26. The Balaban J connectivity index is 1.86. The topological polar surface area (TPSA) is 0 Å². The van der Waals surface area contributed by atoms with E-state index < -0.39 is 0 Å². The molecular formula is C23H16. The zero-order chi connectivity index (χ0) is 15.2. The van der Waals surface area contributed by atoms with Gasteiger partial charge in [0.1, 0.15) is 0 Å². The van der Waals surface area contributed by atoms with Crippen molar-refractivity contribution in [2.45, 2.75) is 6.42 Å². The maximum Gasteiger partial charge on any atom is -0.00132 e. The minimum atomic E-state index is 1.05. The first kappa shape index (κ1) is 12.7. The van der Waals surface area contributed by atoms with Gasteiger partial charge in [-0.05, 0) is 50.6 Å². The molecule has 4 aromatic rings. The maximum absolute atomic E-state index is 2.27. The van der Waals surface area contributed by atoms with E-state index in [1.54, 1.807) is 0 Å². The van der Waals surface area contributed by atoms with Gasteiger partial charge in [-0.1, -0.05) is 84.9 Å². The number of rotatable bonds is 1. The van der Waals surface area contributed by atoms with Gasteiger partial charge in [0.15, 0.2) is 0 Å². The molecule has 0 heterocycles. The summed E-state index contributed by atoms with van der Waals surface area (Å²) in [5.74, 6) is 0. The highest BCUT2D eigenvalue weighted by molar-refractivity contribution is 6.02. The highest BCUT2D eigenvalue weighted by Gasteiger charge is 2.21. The molecule has 0 fully saturated rings. The summed E-state index contributed by atoms with van der Waals surface area (Å²) in [6, 6.07) is 30.8. The lowest BCUT2D eigenvalue weighted by atomic mass is 9.91. The number of hydrogen-bond donors (Lipinski definition) is 0. The Morgan fingerprint density at radius 3 is 2.13 bits per heavy atom. The van der Waals surface area contributed by atoms with Gasteiger partial charge in [-0.15, -0.1) is 0 Å². The van der Waals surface area contributed by atoms with Gasteiger partial charge in [0.2, 0.25) is 0 Å². The third-order valence-electron chi connectivity index (χ3n) is 4.90. The first-order chi connectivity index (χ1) is 11.4. The summed E-state index contributed by atoms with van der Waals surface area (Å²) in [7, 11) is 0. The average Bonchev–Trinajstić information content (AvgIpc) is 3.00. The summed E-state index contributed by atoms with van der Waals surface area (Å²) >= 11 is 0.